The number of aromatic nitrogens is 3. The first-order chi connectivity index (χ1) is 15.7. The van der Waals surface area contributed by atoms with E-state index in [0.29, 0.717) is 0 Å². The second-order valence-corrected chi connectivity index (χ2v) is 8.69. The summed E-state index contributed by atoms with van der Waals surface area (Å²) in [5, 5.41) is 0. The molecule has 2 heterocycles. The third kappa shape index (κ3) is 4.34. The van der Waals surface area contributed by atoms with E-state index in [4.69, 9.17) is 15.0 Å². The molecule has 2 aromatic heterocycles. The van der Waals surface area contributed by atoms with Crippen molar-refractivity contribution in [1.82, 2.24) is 19.9 Å². The molecule has 5 rings (SSSR count). The van der Waals surface area contributed by atoms with Gasteiger partial charge in [-0.05, 0) is 68.5 Å². The Bertz CT molecular complexity index is 1220. The molecule has 5 heteroatoms. The van der Waals surface area contributed by atoms with Gasteiger partial charge in [-0.1, -0.05) is 36.4 Å². The maximum absolute atomic E-state index is 4.96. The van der Waals surface area contributed by atoms with Crippen molar-refractivity contribution < 1.29 is 0 Å². The maximum Gasteiger partial charge on any atom is 0.121 e. The molecule has 32 heavy (non-hydrogen) atoms. The van der Waals surface area contributed by atoms with Crippen LogP contribution in [-0.4, -0.2) is 32.1 Å². The first-order valence-corrected chi connectivity index (χ1v) is 11.4. The van der Waals surface area contributed by atoms with Gasteiger partial charge in [0, 0.05) is 18.5 Å². The Morgan fingerprint density at radius 1 is 1.09 bits per heavy atom. The first kappa shape index (κ1) is 20.6. The SMILES string of the molecule is C/C(CN(Cc1nc2ccccc2[nH]1)C1CCCc2cccnc21)=N\c1ccccc1C. The lowest BCUT2D eigenvalue weighted by Gasteiger charge is -2.34. The van der Waals surface area contributed by atoms with E-state index < -0.39 is 0 Å². The van der Waals surface area contributed by atoms with E-state index in [-0.39, 0.29) is 6.04 Å². The highest BCUT2D eigenvalue weighted by Crippen LogP contribution is 2.33. The van der Waals surface area contributed by atoms with Crippen molar-refractivity contribution in [2.45, 2.75) is 45.7 Å². The minimum absolute atomic E-state index is 0.259. The fourth-order valence-corrected chi connectivity index (χ4v) is 4.71. The number of para-hydroxylation sites is 3. The van der Waals surface area contributed by atoms with Crippen LogP contribution in [0.15, 0.2) is 71.9 Å². The molecule has 1 atom stereocenters. The van der Waals surface area contributed by atoms with Gasteiger partial charge >= 0.3 is 0 Å². The number of fused-ring (bicyclic) bond motifs is 2. The highest BCUT2D eigenvalue weighted by Gasteiger charge is 2.28. The zero-order chi connectivity index (χ0) is 21.9. The predicted molar refractivity (Wildman–Crippen MR) is 130 cm³/mol. The summed E-state index contributed by atoms with van der Waals surface area (Å²) in [6, 6.07) is 21.1. The number of hydrogen-bond donors (Lipinski definition) is 1. The van der Waals surface area contributed by atoms with Gasteiger partial charge in [0.15, 0.2) is 0 Å². The number of aromatic amines is 1. The first-order valence-electron chi connectivity index (χ1n) is 11.4. The summed E-state index contributed by atoms with van der Waals surface area (Å²) in [7, 11) is 0. The zero-order valence-electron chi connectivity index (χ0n) is 18.8. The van der Waals surface area contributed by atoms with Crippen molar-refractivity contribution in [2.24, 2.45) is 4.99 Å². The summed E-state index contributed by atoms with van der Waals surface area (Å²) in [5.74, 6) is 0.984. The van der Waals surface area contributed by atoms with E-state index in [2.05, 4.69) is 66.2 Å². The van der Waals surface area contributed by atoms with Gasteiger partial charge < -0.3 is 4.98 Å². The zero-order valence-corrected chi connectivity index (χ0v) is 18.8. The monoisotopic (exact) mass is 423 g/mol. The van der Waals surface area contributed by atoms with Gasteiger partial charge in [-0.25, -0.2) is 4.98 Å². The number of aryl methyl sites for hydroxylation is 2. The third-order valence-corrected chi connectivity index (χ3v) is 6.26. The fraction of sp³-hybridized carbons (Fsp3) is 0.296. The van der Waals surface area contributed by atoms with Crippen molar-refractivity contribution in [3.63, 3.8) is 0 Å². The quantitative estimate of drug-likeness (QED) is 0.391. The van der Waals surface area contributed by atoms with E-state index in [1.54, 1.807) is 0 Å². The maximum atomic E-state index is 4.96. The summed E-state index contributed by atoms with van der Waals surface area (Å²) in [6.45, 7) is 5.74. The normalized spacial score (nSPS) is 16.5. The molecule has 1 unspecified atom stereocenters. The van der Waals surface area contributed by atoms with Gasteiger partial charge in [0.2, 0.25) is 0 Å². The summed E-state index contributed by atoms with van der Waals surface area (Å²) < 4.78 is 0. The highest BCUT2D eigenvalue weighted by molar-refractivity contribution is 5.86. The Labute approximate surface area is 189 Å². The molecule has 162 valence electrons. The highest BCUT2D eigenvalue weighted by atomic mass is 15.2. The van der Waals surface area contributed by atoms with Crippen molar-refractivity contribution in [1.29, 1.82) is 0 Å². The van der Waals surface area contributed by atoms with E-state index in [1.165, 1.54) is 23.2 Å². The largest absolute Gasteiger partial charge is 0.341 e. The van der Waals surface area contributed by atoms with E-state index in [0.717, 1.165) is 54.2 Å². The molecule has 0 saturated carbocycles. The number of pyridine rings is 1. The number of hydrogen-bond acceptors (Lipinski definition) is 4. The van der Waals surface area contributed by atoms with Crippen LogP contribution in [0.5, 0.6) is 0 Å². The summed E-state index contributed by atoms with van der Waals surface area (Å²) in [5.41, 5.74) is 7.99. The Hall–Kier alpha value is -3.31. The second kappa shape index (κ2) is 9.05. The lowest BCUT2D eigenvalue weighted by Crippen LogP contribution is -2.35. The molecule has 2 aromatic carbocycles. The van der Waals surface area contributed by atoms with Gasteiger partial charge in [0.25, 0.3) is 0 Å². The molecule has 0 bridgehead atoms. The molecule has 1 aliphatic rings. The fourth-order valence-electron chi connectivity index (χ4n) is 4.71. The number of nitrogens with zero attached hydrogens (tertiary/aromatic N) is 4. The molecular weight excluding hydrogens is 394 g/mol. The Morgan fingerprint density at radius 2 is 1.94 bits per heavy atom. The average Bonchev–Trinajstić information content (AvgIpc) is 3.22. The lowest BCUT2D eigenvalue weighted by atomic mass is 9.90. The number of aliphatic imine (C=N–C) groups is 1. The minimum atomic E-state index is 0.259. The van der Waals surface area contributed by atoms with Crippen LogP contribution >= 0.6 is 0 Å². The number of rotatable bonds is 6. The van der Waals surface area contributed by atoms with E-state index in [1.807, 2.05) is 24.4 Å². The van der Waals surface area contributed by atoms with Gasteiger partial charge in [-0.3, -0.25) is 14.9 Å². The van der Waals surface area contributed by atoms with Crippen LogP contribution in [0.4, 0.5) is 5.69 Å². The summed E-state index contributed by atoms with van der Waals surface area (Å²) in [4.78, 5) is 20.6. The van der Waals surface area contributed by atoms with E-state index >= 15 is 0 Å². The molecule has 0 spiro atoms. The van der Waals surface area contributed by atoms with Crippen molar-refractivity contribution in [3.8, 4) is 0 Å². The molecule has 1 N–H and O–H groups in total. The third-order valence-electron chi connectivity index (χ3n) is 6.26. The van der Waals surface area contributed by atoms with Gasteiger partial charge in [-0.15, -0.1) is 0 Å². The molecule has 1 aliphatic carbocycles. The molecule has 0 radical (unpaired) electrons. The smallest absolute Gasteiger partial charge is 0.121 e. The Balaban J connectivity index is 1.48. The number of imidazole rings is 1. The van der Waals surface area contributed by atoms with Crippen LogP contribution in [0.1, 0.15) is 48.5 Å². The molecule has 4 aromatic rings. The van der Waals surface area contributed by atoms with Crippen LogP contribution < -0.4 is 0 Å². The lowest BCUT2D eigenvalue weighted by molar-refractivity contribution is 0.187. The predicted octanol–water partition coefficient (Wildman–Crippen LogP) is 5.94. The standard InChI is InChI=1S/C27H29N5/c1-19-9-3-4-12-22(19)29-20(2)17-32(18-26-30-23-13-5-6-14-24(23)31-26)25-15-7-10-21-11-8-16-28-27(21)25/h3-6,8-9,11-14,16,25H,7,10,15,17-18H2,1-2H3,(H,30,31)/b29-20+. The number of nitrogens with one attached hydrogen (secondary N) is 1. The van der Waals surface area contributed by atoms with Crippen LogP contribution in [0.2, 0.25) is 0 Å². The van der Waals surface area contributed by atoms with Crippen LogP contribution in [-0.2, 0) is 13.0 Å². The van der Waals surface area contributed by atoms with Gasteiger partial charge in [-0.2, -0.15) is 0 Å². The van der Waals surface area contributed by atoms with Crippen LogP contribution in [0.3, 0.4) is 0 Å². The topological polar surface area (TPSA) is 57.2 Å². The van der Waals surface area contributed by atoms with Crippen LogP contribution in [0, 0.1) is 6.92 Å². The molecule has 0 amide bonds. The average molecular weight is 424 g/mol. The number of benzene rings is 2. The van der Waals surface area contributed by atoms with Gasteiger partial charge in [0.05, 0.1) is 35.0 Å². The number of H-pyrrole nitrogens is 1. The van der Waals surface area contributed by atoms with Crippen molar-refractivity contribution in [3.05, 3.63) is 89.5 Å². The Kier molecular flexibility index (Phi) is 5.82. The molecule has 5 nitrogen and oxygen atoms in total. The van der Waals surface area contributed by atoms with Crippen molar-refractivity contribution in [2.75, 3.05) is 6.54 Å². The second-order valence-electron chi connectivity index (χ2n) is 8.69. The molecule has 0 fully saturated rings. The minimum Gasteiger partial charge on any atom is -0.341 e. The molecule has 0 saturated heterocycles. The summed E-state index contributed by atoms with van der Waals surface area (Å²) >= 11 is 0. The van der Waals surface area contributed by atoms with Crippen LogP contribution in [0.25, 0.3) is 11.0 Å². The van der Waals surface area contributed by atoms with Gasteiger partial charge in [0.1, 0.15) is 5.82 Å². The van der Waals surface area contributed by atoms with E-state index in [9.17, 15) is 0 Å². The summed E-state index contributed by atoms with van der Waals surface area (Å²) in [6.07, 6.45) is 5.30. The molecule has 0 aliphatic heterocycles. The Morgan fingerprint density at radius 3 is 2.81 bits per heavy atom. The molecular formula is C27H29N5. The van der Waals surface area contributed by atoms with Crippen molar-refractivity contribution >= 4 is 22.4 Å².